The molecule has 1 fully saturated rings. The van der Waals surface area contributed by atoms with Crippen molar-refractivity contribution in [2.45, 2.75) is 37.5 Å². The third kappa shape index (κ3) is 5.62. The lowest BCUT2D eigenvalue weighted by atomic mass is 10.1. The highest BCUT2D eigenvalue weighted by Gasteiger charge is 2.42. The van der Waals surface area contributed by atoms with Gasteiger partial charge in [-0.2, -0.15) is 13.2 Å². The zero-order chi connectivity index (χ0) is 21.1. The number of nitrogens with one attached hydrogen (secondary N) is 3. The van der Waals surface area contributed by atoms with Crippen molar-refractivity contribution in [1.29, 1.82) is 0 Å². The zero-order valence-corrected chi connectivity index (χ0v) is 14.5. The Balaban J connectivity index is 0.000000345. The summed E-state index contributed by atoms with van der Waals surface area (Å²) in [6, 6.07) is 6.29. The average molecular weight is 408 g/mol. The number of fused-ring (bicyclic) bond motifs is 1. The summed E-state index contributed by atoms with van der Waals surface area (Å²) < 4.78 is 57.9. The molecule has 1 aliphatic rings. The molecule has 1 aromatic heterocycles. The SMILES string of the molecule is C[C@@H](NC(=O)[C@@H]1CC(F)(F)CN1)c1nc2ccccc2[nH]1.O=C(O)C(F)(F)F. The van der Waals surface area contributed by atoms with E-state index in [1.165, 1.54) is 0 Å². The van der Waals surface area contributed by atoms with Gasteiger partial charge in [-0.25, -0.2) is 18.6 Å². The molecule has 0 unspecified atom stereocenters. The van der Waals surface area contributed by atoms with E-state index in [1.807, 2.05) is 24.3 Å². The number of amides is 1. The molecular formula is C16H17F5N4O3. The number of para-hydroxylation sites is 2. The second kappa shape index (κ2) is 8.09. The van der Waals surface area contributed by atoms with Gasteiger partial charge in [0.2, 0.25) is 5.91 Å². The van der Waals surface area contributed by atoms with E-state index in [-0.39, 0.29) is 6.04 Å². The molecule has 1 saturated heterocycles. The second-order valence-corrected chi connectivity index (χ2v) is 6.17. The van der Waals surface area contributed by atoms with Crippen molar-refractivity contribution in [2.75, 3.05) is 6.54 Å². The van der Waals surface area contributed by atoms with E-state index in [0.29, 0.717) is 5.82 Å². The Hall–Kier alpha value is -2.76. The van der Waals surface area contributed by atoms with Crippen LogP contribution in [0.25, 0.3) is 11.0 Å². The largest absolute Gasteiger partial charge is 0.490 e. The molecule has 2 heterocycles. The highest BCUT2D eigenvalue weighted by molar-refractivity contribution is 5.82. The number of halogens is 5. The molecule has 28 heavy (non-hydrogen) atoms. The van der Waals surface area contributed by atoms with Crippen LogP contribution in [0.4, 0.5) is 22.0 Å². The Kier molecular flexibility index (Phi) is 6.22. The number of alkyl halides is 5. The van der Waals surface area contributed by atoms with Crippen molar-refractivity contribution >= 4 is 22.9 Å². The van der Waals surface area contributed by atoms with Crippen LogP contribution >= 0.6 is 0 Å². The molecule has 0 spiro atoms. The lowest BCUT2D eigenvalue weighted by molar-refractivity contribution is -0.192. The number of carbonyl (C=O) groups is 2. The third-order valence-corrected chi connectivity index (χ3v) is 3.85. The summed E-state index contributed by atoms with van der Waals surface area (Å²) in [5.41, 5.74) is 1.68. The number of carboxylic acid groups (broad SMARTS) is 1. The minimum Gasteiger partial charge on any atom is -0.475 e. The fourth-order valence-electron chi connectivity index (χ4n) is 2.46. The molecule has 0 radical (unpaired) electrons. The van der Waals surface area contributed by atoms with Gasteiger partial charge in [0.1, 0.15) is 5.82 Å². The van der Waals surface area contributed by atoms with Crippen LogP contribution in [0.3, 0.4) is 0 Å². The van der Waals surface area contributed by atoms with Crippen molar-refractivity contribution in [3.05, 3.63) is 30.1 Å². The van der Waals surface area contributed by atoms with Gasteiger partial charge in [-0.15, -0.1) is 0 Å². The molecule has 4 N–H and O–H groups in total. The Morgan fingerprint density at radius 1 is 1.32 bits per heavy atom. The average Bonchev–Trinajstić information content (AvgIpc) is 3.17. The van der Waals surface area contributed by atoms with Crippen molar-refractivity contribution in [1.82, 2.24) is 20.6 Å². The summed E-state index contributed by atoms with van der Waals surface area (Å²) in [5.74, 6) is -5.40. The maximum absolute atomic E-state index is 13.1. The first kappa shape index (κ1) is 21.5. The number of nitrogens with zero attached hydrogens (tertiary/aromatic N) is 1. The maximum Gasteiger partial charge on any atom is 0.490 e. The molecule has 0 saturated carbocycles. The number of rotatable bonds is 3. The molecule has 0 aliphatic carbocycles. The summed E-state index contributed by atoms with van der Waals surface area (Å²) in [7, 11) is 0. The molecule has 1 amide bonds. The molecule has 1 aliphatic heterocycles. The Morgan fingerprint density at radius 3 is 2.43 bits per heavy atom. The summed E-state index contributed by atoms with van der Waals surface area (Å²) in [6.45, 7) is 1.31. The van der Waals surface area contributed by atoms with Gasteiger partial charge in [-0.1, -0.05) is 12.1 Å². The number of aliphatic carboxylic acids is 1. The van der Waals surface area contributed by atoms with Gasteiger partial charge >= 0.3 is 12.1 Å². The molecule has 3 rings (SSSR count). The fraction of sp³-hybridized carbons (Fsp3) is 0.438. The minimum absolute atomic E-state index is 0.374. The lowest BCUT2D eigenvalue weighted by Crippen LogP contribution is -2.41. The standard InChI is InChI=1S/C14H16F2N4O.C2HF3O2/c1-8(12-19-9-4-2-3-5-10(9)20-12)18-13(21)11-6-14(15,16)7-17-11;3-2(4,5)1(6)7/h2-5,8,11,17H,6-7H2,1H3,(H,18,21)(H,19,20);(H,6,7)/t8-,11+;/m1./s1. The number of carbonyl (C=O) groups excluding carboxylic acids is 1. The molecule has 2 atom stereocenters. The quantitative estimate of drug-likeness (QED) is 0.584. The first-order valence-electron chi connectivity index (χ1n) is 8.05. The summed E-state index contributed by atoms with van der Waals surface area (Å²) in [6.07, 6.45) is -5.55. The van der Waals surface area contributed by atoms with Gasteiger partial charge in [-0.3, -0.25) is 10.1 Å². The highest BCUT2D eigenvalue weighted by atomic mass is 19.4. The van der Waals surface area contributed by atoms with Crippen LogP contribution in [0.15, 0.2) is 24.3 Å². The zero-order valence-electron chi connectivity index (χ0n) is 14.5. The number of carboxylic acids is 1. The van der Waals surface area contributed by atoms with Gasteiger partial charge in [0.25, 0.3) is 5.92 Å². The Morgan fingerprint density at radius 2 is 1.93 bits per heavy atom. The summed E-state index contributed by atoms with van der Waals surface area (Å²) in [4.78, 5) is 28.4. The molecule has 0 bridgehead atoms. The van der Waals surface area contributed by atoms with Gasteiger partial charge in [0.15, 0.2) is 0 Å². The van der Waals surface area contributed by atoms with Crippen molar-refractivity contribution < 1.29 is 36.6 Å². The summed E-state index contributed by atoms with van der Waals surface area (Å²) in [5, 5.41) is 12.4. The van der Waals surface area contributed by atoms with Crippen LogP contribution in [-0.4, -0.2) is 51.6 Å². The van der Waals surface area contributed by atoms with E-state index in [0.717, 1.165) is 11.0 Å². The van der Waals surface area contributed by atoms with Crippen molar-refractivity contribution in [3.63, 3.8) is 0 Å². The normalized spacial score (nSPS) is 19.6. The molecule has 1 aromatic carbocycles. The molecule has 2 aromatic rings. The molecule has 12 heteroatoms. The molecular weight excluding hydrogens is 391 g/mol. The van der Waals surface area contributed by atoms with E-state index >= 15 is 0 Å². The van der Waals surface area contributed by atoms with Crippen LogP contribution in [0.5, 0.6) is 0 Å². The number of imidazole rings is 1. The first-order valence-corrected chi connectivity index (χ1v) is 8.05. The monoisotopic (exact) mass is 408 g/mol. The van der Waals surface area contributed by atoms with E-state index in [2.05, 4.69) is 20.6 Å². The van der Waals surface area contributed by atoms with Crippen LogP contribution in [0.2, 0.25) is 0 Å². The first-order chi connectivity index (χ1) is 12.9. The molecule has 154 valence electrons. The number of hydrogen-bond acceptors (Lipinski definition) is 4. The third-order valence-electron chi connectivity index (χ3n) is 3.85. The van der Waals surface area contributed by atoms with Crippen LogP contribution in [0.1, 0.15) is 25.2 Å². The second-order valence-electron chi connectivity index (χ2n) is 6.17. The molecule has 7 nitrogen and oxygen atoms in total. The van der Waals surface area contributed by atoms with E-state index in [9.17, 15) is 26.7 Å². The number of aromatic amines is 1. The number of benzene rings is 1. The topological polar surface area (TPSA) is 107 Å². The van der Waals surface area contributed by atoms with Gasteiger partial charge in [0, 0.05) is 6.42 Å². The summed E-state index contributed by atoms with van der Waals surface area (Å²) >= 11 is 0. The van der Waals surface area contributed by atoms with Crippen molar-refractivity contribution in [3.8, 4) is 0 Å². The predicted octanol–water partition coefficient (Wildman–Crippen LogP) is 2.37. The van der Waals surface area contributed by atoms with E-state index < -0.39 is 43.0 Å². The number of hydrogen-bond donors (Lipinski definition) is 4. The minimum atomic E-state index is -5.08. The van der Waals surface area contributed by atoms with Gasteiger partial charge in [0.05, 0.1) is 29.7 Å². The highest BCUT2D eigenvalue weighted by Crippen LogP contribution is 2.25. The van der Waals surface area contributed by atoms with Crippen LogP contribution < -0.4 is 10.6 Å². The van der Waals surface area contributed by atoms with Gasteiger partial charge in [-0.05, 0) is 19.1 Å². The van der Waals surface area contributed by atoms with E-state index in [4.69, 9.17) is 9.90 Å². The van der Waals surface area contributed by atoms with Crippen LogP contribution in [-0.2, 0) is 9.59 Å². The predicted molar refractivity (Wildman–Crippen MR) is 87.7 cm³/mol. The number of H-pyrrole nitrogens is 1. The van der Waals surface area contributed by atoms with Crippen LogP contribution in [0, 0.1) is 0 Å². The fourth-order valence-corrected chi connectivity index (χ4v) is 2.46. The van der Waals surface area contributed by atoms with Crippen molar-refractivity contribution in [2.24, 2.45) is 0 Å². The Labute approximate surface area is 155 Å². The smallest absolute Gasteiger partial charge is 0.475 e. The number of aromatic nitrogens is 2. The van der Waals surface area contributed by atoms with Gasteiger partial charge < -0.3 is 15.4 Å². The lowest BCUT2D eigenvalue weighted by Gasteiger charge is -2.15. The maximum atomic E-state index is 13.1. The van der Waals surface area contributed by atoms with E-state index in [1.54, 1.807) is 6.92 Å². The Bertz CT molecular complexity index is 819.